The number of H-pyrrole nitrogens is 1. The highest BCUT2D eigenvalue weighted by Crippen LogP contribution is 2.32. The van der Waals surface area contributed by atoms with Crippen LogP contribution in [0.5, 0.6) is 5.88 Å². The summed E-state index contributed by atoms with van der Waals surface area (Å²) in [4.78, 5) is 36.6. The average Bonchev–Trinajstić information content (AvgIpc) is 3.27. The molecular weight excluding hydrogens is 492 g/mol. The number of aromatic nitrogens is 1. The van der Waals surface area contributed by atoms with E-state index in [0.717, 1.165) is 23.2 Å². The maximum Gasteiger partial charge on any atom is 0.338 e. The second-order valence-corrected chi connectivity index (χ2v) is 9.37. The highest BCUT2D eigenvalue weighted by atomic mass is 16.5. The fourth-order valence-corrected chi connectivity index (χ4v) is 4.35. The quantitative estimate of drug-likeness (QED) is 0.209. The van der Waals surface area contributed by atoms with Crippen LogP contribution in [0, 0.1) is 0 Å². The van der Waals surface area contributed by atoms with Crippen molar-refractivity contribution < 1.29 is 19.4 Å². The number of fused-ring (bicyclic) bond motifs is 1. The van der Waals surface area contributed by atoms with E-state index in [2.05, 4.69) is 4.98 Å². The number of hydrogen-bond acceptors (Lipinski definition) is 6. The third-order valence-electron chi connectivity index (χ3n) is 6.35. The number of benzene rings is 3. The summed E-state index contributed by atoms with van der Waals surface area (Å²) in [6.07, 6.45) is 0.420. The summed E-state index contributed by atoms with van der Waals surface area (Å²) in [6, 6.07) is 22.3. The molecule has 0 saturated heterocycles. The minimum atomic E-state index is -0.423. The number of amides is 1. The Labute approximate surface area is 228 Å². The van der Waals surface area contributed by atoms with Gasteiger partial charge in [-0.25, -0.2) is 9.79 Å². The van der Waals surface area contributed by atoms with Crippen LogP contribution in [0.4, 0.5) is 11.4 Å². The Morgan fingerprint density at radius 3 is 2.28 bits per heavy atom. The Bertz CT molecular complexity index is 1470. The van der Waals surface area contributed by atoms with Crippen molar-refractivity contribution in [3.05, 3.63) is 89.5 Å². The van der Waals surface area contributed by atoms with Gasteiger partial charge in [-0.05, 0) is 57.4 Å². The van der Waals surface area contributed by atoms with E-state index in [-0.39, 0.29) is 18.4 Å². The van der Waals surface area contributed by atoms with Gasteiger partial charge in [-0.1, -0.05) is 43.3 Å². The number of esters is 1. The molecule has 39 heavy (non-hydrogen) atoms. The molecule has 1 heterocycles. The first kappa shape index (κ1) is 27.6. The van der Waals surface area contributed by atoms with Crippen LogP contribution < -0.4 is 4.90 Å². The molecule has 0 atom stereocenters. The second kappa shape index (κ2) is 12.4. The molecule has 8 heteroatoms. The van der Waals surface area contributed by atoms with Crippen molar-refractivity contribution in [2.75, 3.05) is 38.7 Å². The van der Waals surface area contributed by atoms with Crippen LogP contribution in [0.15, 0.2) is 77.8 Å². The number of rotatable bonds is 10. The van der Waals surface area contributed by atoms with Gasteiger partial charge in [0.05, 0.1) is 29.1 Å². The van der Waals surface area contributed by atoms with E-state index in [0.29, 0.717) is 41.0 Å². The molecule has 0 saturated carbocycles. The molecule has 0 bridgehead atoms. The van der Waals surface area contributed by atoms with Gasteiger partial charge in [-0.3, -0.25) is 4.79 Å². The topological polar surface area (TPSA) is 98.2 Å². The Hall–Kier alpha value is -4.43. The number of carbonyl (C=O) groups is 2. The minimum Gasteiger partial charge on any atom is -0.494 e. The maximum atomic E-state index is 12.6. The molecule has 0 aliphatic heterocycles. The van der Waals surface area contributed by atoms with Crippen molar-refractivity contribution >= 4 is 39.9 Å². The molecule has 0 radical (unpaired) electrons. The van der Waals surface area contributed by atoms with Gasteiger partial charge in [0.2, 0.25) is 5.91 Å². The Morgan fingerprint density at radius 2 is 1.64 bits per heavy atom. The number of anilines is 1. The van der Waals surface area contributed by atoms with E-state index in [1.165, 1.54) is 0 Å². The number of carbonyl (C=O) groups excluding carboxylic acids is 2. The van der Waals surface area contributed by atoms with Crippen LogP contribution in [-0.2, 0) is 9.53 Å². The molecule has 0 aliphatic carbocycles. The van der Waals surface area contributed by atoms with Crippen LogP contribution in [0.25, 0.3) is 10.9 Å². The molecule has 0 spiro atoms. The summed E-state index contributed by atoms with van der Waals surface area (Å²) in [5, 5.41) is 11.7. The van der Waals surface area contributed by atoms with Crippen LogP contribution in [0.3, 0.4) is 0 Å². The number of likely N-dealkylation sites (N-methyl/N-ethyl adjacent to an activating group) is 1. The minimum absolute atomic E-state index is 0.0476. The molecule has 3 aromatic carbocycles. The summed E-state index contributed by atoms with van der Waals surface area (Å²) in [5.74, 6) is -0.411. The molecule has 202 valence electrons. The van der Waals surface area contributed by atoms with Crippen molar-refractivity contribution in [2.45, 2.75) is 20.3 Å². The van der Waals surface area contributed by atoms with E-state index in [9.17, 15) is 14.7 Å². The summed E-state index contributed by atoms with van der Waals surface area (Å²) in [6.45, 7) is 5.24. The number of hydrogen-bond donors (Lipinski definition) is 2. The number of aromatic hydroxyl groups is 1. The van der Waals surface area contributed by atoms with Gasteiger partial charge < -0.3 is 24.6 Å². The molecule has 2 N–H and O–H groups in total. The standard InChI is InChI=1S/C31H34N4O4/c1-5-27(36)35(19-18-34(3)4)24-15-13-23(14-16-24)32-29(21-10-8-7-9-11-21)28-25-17-12-22(31(38)39-6-2)20-26(25)33-30(28)37/h7-17,20,33,37H,5-6,18-19H2,1-4H3. The molecule has 8 nitrogen and oxygen atoms in total. The number of nitrogens with zero attached hydrogens (tertiary/aromatic N) is 3. The van der Waals surface area contributed by atoms with Gasteiger partial charge in [0.15, 0.2) is 5.88 Å². The van der Waals surface area contributed by atoms with E-state index in [1.807, 2.05) is 80.5 Å². The molecule has 1 aromatic heterocycles. The highest BCUT2D eigenvalue weighted by molar-refractivity contribution is 6.22. The monoisotopic (exact) mass is 526 g/mol. The van der Waals surface area contributed by atoms with Gasteiger partial charge in [0.1, 0.15) is 0 Å². The Morgan fingerprint density at radius 1 is 0.923 bits per heavy atom. The zero-order valence-corrected chi connectivity index (χ0v) is 22.8. The van der Waals surface area contributed by atoms with Crippen molar-refractivity contribution in [3.8, 4) is 5.88 Å². The molecule has 0 fully saturated rings. The van der Waals surface area contributed by atoms with Gasteiger partial charge in [-0.15, -0.1) is 0 Å². The third kappa shape index (κ3) is 6.35. The van der Waals surface area contributed by atoms with Gasteiger partial charge in [-0.2, -0.15) is 0 Å². The Balaban J connectivity index is 1.77. The van der Waals surface area contributed by atoms with E-state index in [4.69, 9.17) is 9.73 Å². The molecule has 0 aliphatic rings. The number of ether oxygens (including phenoxy) is 1. The lowest BCUT2D eigenvalue weighted by atomic mass is 10.00. The van der Waals surface area contributed by atoms with Crippen molar-refractivity contribution in [1.82, 2.24) is 9.88 Å². The van der Waals surface area contributed by atoms with E-state index >= 15 is 0 Å². The third-order valence-corrected chi connectivity index (χ3v) is 6.35. The number of aromatic amines is 1. The maximum absolute atomic E-state index is 12.6. The fraction of sp³-hybridized carbons (Fsp3) is 0.258. The predicted molar refractivity (Wildman–Crippen MR) is 155 cm³/mol. The fourth-order valence-electron chi connectivity index (χ4n) is 4.35. The molecule has 0 unspecified atom stereocenters. The molecule has 1 amide bonds. The molecule has 4 aromatic rings. The van der Waals surface area contributed by atoms with Gasteiger partial charge in [0.25, 0.3) is 0 Å². The summed E-state index contributed by atoms with van der Waals surface area (Å²) in [5.41, 5.74) is 4.40. The van der Waals surface area contributed by atoms with Crippen LogP contribution >= 0.6 is 0 Å². The lowest BCUT2D eigenvalue weighted by molar-refractivity contribution is -0.118. The summed E-state index contributed by atoms with van der Waals surface area (Å²) < 4.78 is 5.12. The first-order valence-corrected chi connectivity index (χ1v) is 13.0. The zero-order chi connectivity index (χ0) is 27.9. The first-order valence-electron chi connectivity index (χ1n) is 13.0. The van der Waals surface area contributed by atoms with Crippen LogP contribution in [0.2, 0.25) is 0 Å². The zero-order valence-electron chi connectivity index (χ0n) is 22.8. The molecule has 4 rings (SSSR count). The second-order valence-electron chi connectivity index (χ2n) is 9.37. The lowest BCUT2D eigenvalue weighted by Gasteiger charge is -2.24. The smallest absolute Gasteiger partial charge is 0.338 e. The van der Waals surface area contributed by atoms with Crippen molar-refractivity contribution in [3.63, 3.8) is 0 Å². The predicted octanol–water partition coefficient (Wildman–Crippen LogP) is 5.52. The van der Waals surface area contributed by atoms with E-state index < -0.39 is 5.97 Å². The molecular formula is C31H34N4O4. The normalized spacial score (nSPS) is 11.7. The highest BCUT2D eigenvalue weighted by Gasteiger charge is 2.20. The summed E-state index contributed by atoms with van der Waals surface area (Å²) in [7, 11) is 3.96. The first-order chi connectivity index (χ1) is 18.8. The van der Waals surface area contributed by atoms with Crippen molar-refractivity contribution in [1.29, 1.82) is 0 Å². The van der Waals surface area contributed by atoms with E-state index in [1.54, 1.807) is 30.0 Å². The summed E-state index contributed by atoms with van der Waals surface area (Å²) >= 11 is 0. The SMILES string of the molecule is CCOC(=O)c1ccc2c(C(=Nc3ccc(N(CCN(C)C)C(=O)CC)cc3)c3ccccc3)c(O)[nH]c2c1. The van der Waals surface area contributed by atoms with Crippen molar-refractivity contribution in [2.24, 2.45) is 4.99 Å². The number of aliphatic imine (C=N–C) groups is 1. The van der Waals surface area contributed by atoms with Gasteiger partial charge >= 0.3 is 5.97 Å². The van der Waals surface area contributed by atoms with Crippen LogP contribution in [0.1, 0.15) is 41.8 Å². The largest absolute Gasteiger partial charge is 0.494 e. The lowest BCUT2D eigenvalue weighted by Crippen LogP contribution is -2.36. The van der Waals surface area contributed by atoms with Gasteiger partial charge in [0, 0.05) is 41.7 Å². The Kier molecular flexibility index (Phi) is 8.78. The van der Waals surface area contributed by atoms with Crippen LogP contribution in [-0.4, -0.2) is 66.4 Å². The average molecular weight is 527 g/mol. The number of nitrogens with one attached hydrogen (secondary N) is 1.